The summed E-state index contributed by atoms with van der Waals surface area (Å²) in [6.07, 6.45) is -3.18. The van der Waals surface area contributed by atoms with Crippen molar-refractivity contribution in [1.82, 2.24) is 4.98 Å². The lowest BCUT2D eigenvalue weighted by atomic mass is 9.90. The summed E-state index contributed by atoms with van der Waals surface area (Å²) in [7, 11) is 0. The molecule has 0 aliphatic carbocycles. The fourth-order valence-corrected chi connectivity index (χ4v) is 2.48. The molecule has 1 aromatic heterocycles. The van der Waals surface area contributed by atoms with Crippen LogP contribution in [0.5, 0.6) is 0 Å². The zero-order valence-electron chi connectivity index (χ0n) is 15.7. The topological polar surface area (TPSA) is 122 Å². The fraction of sp³-hybridized carbons (Fsp3) is 0.316. The Morgan fingerprint density at radius 1 is 1.24 bits per heavy atom. The van der Waals surface area contributed by atoms with Crippen molar-refractivity contribution in [3.05, 3.63) is 65.7 Å². The maximum Gasteiger partial charge on any atom is 0.424 e. The average molecular weight is 409 g/mol. The van der Waals surface area contributed by atoms with Crippen molar-refractivity contribution < 1.29 is 27.8 Å². The standard InChI is InChI=1S/C13H15F3N3O.C6H5NO2/c1-11(8-4-3-5-9(17)6-8)7-20-12(2,10(18)19-11)13(14,15)16;8-6(9)5-3-1-2-4-7-5/h3-6,17H,7H2,1-2H3,(H2,18,19);1-4H,(H,8,9)/q-1;/t11-,12+;/m0./s1. The van der Waals surface area contributed by atoms with E-state index in [2.05, 4.69) is 9.98 Å². The number of aromatic carboxylic acids is 1. The molecule has 1 aromatic carbocycles. The van der Waals surface area contributed by atoms with Gasteiger partial charge < -0.3 is 21.3 Å². The van der Waals surface area contributed by atoms with E-state index < -0.39 is 29.1 Å². The zero-order valence-corrected chi connectivity index (χ0v) is 15.7. The third-order valence-electron chi connectivity index (χ3n) is 4.41. The molecule has 4 N–H and O–H groups in total. The maximum absolute atomic E-state index is 13.0. The molecule has 3 rings (SSSR count). The summed E-state index contributed by atoms with van der Waals surface area (Å²) in [5.41, 5.74) is 10.4. The molecule has 156 valence electrons. The molecule has 1 aliphatic rings. The van der Waals surface area contributed by atoms with Gasteiger partial charge in [0.25, 0.3) is 0 Å². The SMILES string of the molecule is C[C@@]1(c2cccc([NH-])c2)CO[C@@](C)(C(F)(F)F)C(N)=N1.O=C(O)c1ccccn1. The van der Waals surface area contributed by atoms with Gasteiger partial charge in [0.2, 0.25) is 5.60 Å². The highest BCUT2D eigenvalue weighted by atomic mass is 19.4. The van der Waals surface area contributed by atoms with Gasteiger partial charge in [0.05, 0.1) is 6.61 Å². The molecule has 1 aliphatic heterocycles. The van der Waals surface area contributed by atoms with Gasteiger partial charge >= 0.3 is 12.1 Å². The molecule has 0 saturated heterocycles. The number of rotatable bonds is 2. The summed E-state index contributed by atoms with van der Waals surface area (Å²) in [5.74, 6) is -1.59. The molecular weight excluding hydrogens is 389 g/mol. The number of benzene rings is 1. The minimum absolute atomic E-state index is 0.0810. The smallest absolute Gasteiger partial charge is 0.424 e. The van der Waals surface area contributed by atoms with Crippen molar-refractivity contribution >= 4 is 17.5 Å². The van der Waals surface area contributed by atoms with Crippen molar-refractivity contribution in [3.63, 3.8) is 0 Å². The number of hydrogen-bond donors (Lipinski definition) is 2. The van der Waals surface area contributed by atoms with E-state index in [9.17, 15) is 18.0 Å². The Balaban J connectivity index is 0.000000278. The van der Waals surface area contributed by atoms with Gasteiger partial charge in [0, 0.05) is 6.20 Å². The Bertz CT molecular complexity index is 905. The highest BCUT2D eigenvalue weighted by molar-refractivity contribution is 5.90. The lowest BCUT2D eigenvalue weighted by molar-refractivity contribution is -0.249. The van der Waals surface area contributed by atoms with E-state index in [-0.39, 0.29) is 18.0 Å². The van der Waals surface area contributed by atoms with Gasteiger partial charge in [-0.3, -0.25) is 4.99 Å². The Labute approximate surface area is 165 Å². The second-order valence-electron chi connectivity index (χ2n) is 6.69. The van der Waals surface area contributed by atoms with Gasteiger partial charge in [0.15, 0.2) is 0 Å². The molecule has 0 spiro atoms. The lowest BCUT2D eigenvalue weighted by Gasteiger charge is -2.41. The average Bonchev–Trinajstić information content (AvgIpc) is 2.65. The minimum Gasteiger partial charge on any atom is -0.699 e. The van der Waals surface area contributed by atoms with Crippen LogP contribution in [0.3, 0.4) is 0 Å². The van der Waals surface area contributed by atoms with Gasteiger partial charge in [-0.2, -0.15) is 13.2 Å². The van der Waals surface area contributed by atoms with Crippen LogP contribution in [0, 0.1) is 0 Å². The molecule has 0 saturated carbocycles. The number of aliphatic imine (C=N–C) groups is 1. The number of nitrogens with two attached hydrogens (primary N) is 1. The molecule has 2 aromatic rings. The number of halogens is 3. The zero-order chi connectivity index (χ0) is 21.9. The van der Waals surface area contributed by atoms with Crippen molar-refractivity contribution in [2.24, 2.45) is 10.7 Å². The molecule has 29 heavy (non-hydrogen) atoms. The van der Waals surface area contributed by atoms with Crippen LogP contribution in [-0.2, 0) is 10.3 Å². The van der Waals surface area contributed by atoms with Crippen LogP contribution in [-0.4, -0.2) is 40.3 Å². The molecule has 0 bridgehead atoms. The number of carbonyl (C=O) groups is 1. The van der Waals surface area contributed by atoms with Gasteiger partial charge in [-0.1, -0.05) is 30.3 Å². The second kappa shape index (κ2) is 8.08. The molecule has 0 amide bonds. The van der Waals surface area contributed by atoms with E-state index in [0.29, 0.717) is 5.56 Å². The van der Waals surface area contributed by atoms with Crippen LogP contribution in [0.1, 0.15) is 29.9 Å². The summed E-state index contributed by atoms with van der Waals surface area (Å²) < 4.78 is 43.9. The van der Waals surface area contributed by atoms with Gasteiger partial charge in [0.1, 0.15) is 17.1 Å². The number of pyridine rings is 1. The van der Waals surface area contributed by atoms with Crippen molar-refractivity contribution in [2.75, 3.05) is 6.61 Å². The second-order valence-corrected chi connectivity index (χ2v) is 6.69. The van der Waals surface area contributed by atoms with E-state index in [1.54, 1.807) is 37.3 Å². The highest BCUT2D eigenvalue weighted by Crippen LogP contribution is 2.41. The molecule has 0 radical (unpaired) electrons. The number of alkyl halides is 3. The van der Waals surface area contributed by atoms with Crippen LogP contribution in [0.4, 0.5) is 18.9 Å². The predicted octanol–water partition coefficient (Wildman–Crippen LogP) is 4.07. The first-order chi connectivity index (χ1) is 13.4. The molecule has 2 atom stereocenters. The van der Waals surface area contributed by atoms with Crippen LogP contribution < -0.4 is 5.73 Å². The first-order valence-corrected chi connectivity index (χ1v) is 8.42. The first-order valence-electron chi connectivity index (χ1n) is 8.42. The van der Waals surface area contributed by atoms with Crippen molar-refractivity contribution in [2.45, 2.75) is 31.2 Å². The normalized spacial score (nSPS) is 24.1. The molecule has 0 fully saturated rings. The van der Waals surface area contributed by atoms with Gasteiger partial charge in [-0.25, -0.2) is 9.78 Å². The minimum atomic E-state index is -4.63. The van der Waals surface area contributed by atoms with E-state index >= 15 is 0 Å². The number of nitrogens with zero attached hydrogens (tertiary/aromatic N) is 2. The van der Waals surface area contributed by atoms with E-state index in [1.165, 1.54) is 18.3 Å². The fourth-order valence-electron chi connectivity index (χ4n) is 2.48. The van der Waals surface area contributed by atoms with Gasteiger partial charge in [-0.05, 0) is 31.5 Å². The van der Waals surface area contributed by atoms with Gasteiger partial charge in [-0.15, -0.1) is 5.69 Å². The van der Waals surface area contributed by atoms with Crippen LogP contribution in [0.2, 0.25) is 0 Å². The number of nitrogens with one attached hydrogen (secondary N) is 1. The van der Waals surface area contributed by atoms with E-state index in [4.69, 9.17) is 21.3 Å². The molecule has 0 unspecified atom stereocenters. The Morgan fingerprint density at radius 2 is 1.93 bits per heavy atom. The Morgan fingerprint density at radius 3 is 2.38 bits per heavy atom. The lowest BCUT2D eigenvalue weighted by Crippen LogP contribution is -2.60. The molecule has 2 heterocycles. The van der Waals surface area contributed by atoms with Crippen molar-refractivity contribution in [3.8, 4) is 0 Å². The first kappa shape index (κ1) is 22.2. The quantitative estimate of drug-likeness (QED) is 0.774. The Kier molecular flexibility index (Phi) is 6.17. The third-order valence-corrected chi connectivity index (χ3v) is 4.41. The highest BCUT2D eigenvalue weighted by Gasteiger charge is 2.58. The number of aromatic nitrogens is 1. The third kappa shape index (κ3) is 4.83. The summed E-state index contributed by atoms with van der Waals surface area (Å²) >= 11 is 0. The van der Waals surface area contributed by atoms with E-state index in [1.807, 2.05) is 0 Å². The van der Waals surface area contributed by atoms with Crippen molar-refractivity contribution in [1.29, 1.82) is 0 Å². The number of carboxylic acids is 1. The number of hydrogen-bond acceptors (Lipinski definition) is 5. The number of carboxylic acid groups (broad SMARTS) is 1. The maximum atomic E-state index is 13.0. The summed E-state index contributed by atoms with van der Waals surface area (Å²) in [6, 6.07) is 11.2. The number of amidine groups is 1. The molecule has 10 heteroatoms. The van der Waals surface area contributed by atoms with Crippen LogP contribution in [0.15, 0.2) is 53.7 Å². The number of ether oxygens (including phenoxy) is 1. The largest absolute Gasteiger partial charge is 0.699 e. The molecular formula is C19H20F3N4O3-. The van der Waals surface area contributed by atoms with Crippen LogP contribution in [0.25, 0.3) is 5.73 Å². The molecule has 7 nitrogen and oxygen atoms in total. The summed E-state index contributed by atoms with van der Waals surface area (Å²) in [5, 5.41) is 8.32. The van der Waals surface area contributed by atoms with Crippen LogP contribution >= 0.6 is 0 Å². The summed E-state index contributed by atoms with van der Waals surface area (Å²) in [4.78, 5) is 17.7. The predicted molar refractivity (Wildman–Crippen MR) is 101 cm³/mol. The summed E-state index contributed by atoms with van der Waals surface area (Å²) in [6.45, 7) is 2.24. The monoisotopic (exact) mass is 409 g/mol. The Hall–Kier alpha value is -3.14. The van der Waals surface area contributed by atoms with E-state index in [0.717, 1.165) is 6.92 Å².